The molecule has 0 N–H and O–H groups in total. The van der Waals surface area contributed by atoms with Crippen LogP contribution in [0.5, 0.6) is 0 Å². The molecule has 1 aliphatic rings. The number of hydrogen-bond donors (Lipinski definition) is 0. The Morgan fingerprint density at radius 2 is 2.35 bits per heavy atom. The van der Waals surface area contributed by atoms with Crippen LogP contribution in [0.1, 0.15) is 6.42 Å². The summed E-state index contributed by atoms with van der Waals surface area (Å²) in [6.45, 7) is 2.47. The van der Waals surface area contributed by atoms with Gasteiger partial charge in [-0.2, -0.15) is 0 Å². The third-order valence-corrected chi connectivity index (χ3v) is 4.67. The van der Waals surface area contributed by atoms with Crippen molar-refractivity contribution in [2.75, 3.05) is 30.5 Å². The first-order valence-corrected chi connectivity index (χ1v) is 7.91. The lowest BCUT2D eigenvalue weighted by Crippen LogP contribution is -2.20. The van der Waals surface area contributed by atoms with Crippen LogP contribution in [0.3, 0.4) is 0 Å². The minimum Gasteiger partial charge on any atom is -0.293 e. The predicted molar refractivity (Wildman–Crippen MR) is 80.7 cm³/mol. The fourth-order valence-electron chi connectivity index (χ4n) is 1.54. The van der Waals surface area contributed by atoms with Crippen molar-refractivity contribution in [2.45, 2.75) is 11.4 Å². The van der Waals surface area contributed by atoms with Gasteiger partial charge in [-0.3, -0.25) is 4.90 Å². The summed E-state index contributed by atoms with van der Waals surface area (Å²) in [4.78, 5) is 6.78. The SMILES string of the molecule is Cl.Clc1ccc(SCCCN2CCSC2)nc1. The second kappa shape index (κ2) is 8.48. The van der Waals surface area contributed by atoms with Crippen LogP contribution in [-0.4, -0.2) is 40.4 Å². The zero-order valence-corrected chi connectivity index (χ0v) is 12.7. The third-order valence-electron chi connectivity index (χ3n) is 2.39. The first-order valence-electron chi connectivity index (χ1n) is 5.39. The summed E-state index contributed by atoms with van der Waals surface area (Å²) in [7, 11) is 0. The number of aromatic nitrogens is 1. The molecule has 1 fully saturated rings. The molecule has 6 heteroatoms. The Bertz CT molecular complexity index is 316. The molecular formula is C11H16Cl2N2S2. The van der Waals surface area contributed by atoms with Crippen molar-refractivity contribution >= 4 is 47.5 Å². The van der Waals surface area contributed by atoms with Crippen LogP contribution in [0, 0.1) is 0 Å². The topological polar surface area (TPSA) is 16.1 Å². The molecule has 0 spiro atoms. The predicted octanol–water partition coefficient (Wildman–Crippen LogP) is 3.65. The Labute approximate surface area is 122 Å². The molecule has 1 aliphatic heterocycles. The van der Waals surface area contributed by atoms with E-state index in [-0.39, 0.29) is 12.4 Å². The fourth-order valence-corrected chi connectivity index (χ4v) is 3.46. The number of thioether (sulfide) groups is 2. The molecule has 17 heavy (non-hydrogen) atoms. The normalized spacial score (nSPS) is 15.8. The van der Waals surface area contributed by atoms with Crippen molar-refractivity contribution in [3.05, 3.63) is 23.4 Å². The molecule has 1 aromatic heterocycles. The summed E-state index contributed by atoms with van der Waals surface area (Å²) in [5.41, 5.74) is 0. The summed E-state index contributed by atoms with van der Waals surface area (Å²) in [6.07, 6.45) is 2.94. The maximum atomic E-state index is 5.78. The highest BCUT2D eigenvalue weighted by atomic mass is 35.5. The molecule has 2 heterocycles. The Hall–Kier alpha value is 0.390. The molecule has 2 nitrogen and oxygen atoms in total. The van der Waals surface area contributed by atoms with E-state index in [1.165, 1.54) is 31.1 Å². The highest BCUT2D eigenvalue weighted by Gasteiger charge is 2.10. The molecule has 1 aromatic rings. The standard InChI is InChI=1S/C11H15ClN2S2.ClH/c12-10-2-3-11(13-8-10)16-6-1-4-14-5-7-15-9-14;/h2-3,8H,1,4-7,9H2;1H. The van der Waals surface area contributed by atoms with Crippen LogP contribution in [-0.2, 0) is 0 Å². The smallest absolute Gasteiger partial charge is 0.0960 e. The van der Waals surface area contributed by atoms with Gasteiger partial charge in [0.05, 0.1) is 10.0 Å². The minimum absolute atomic E-state index is 0. The molecule has 0 aromatic carbocycles. The average molecular weight is 311 g/mol. The summed E-state index contributed by atoms with van der Waals surface area (Å²) in [5.74, 6) is 3.64. The molecule has 0 bridgehead atoms. The third kappa shape index (κ3) is 5.71. The number of hydrogen-bond acceptors (Lipinski definition) is 4. The Balaban J connectivity index is 0.00000144. The minimum atomic E-state index is 0. The average Bonchev–Trinajstić information content (AvgIpc) is 2.80. The van der Waals surface area contributed by atoms with E-state index in [4.69, 9.17) is 11.6 Å². The van der Waals surface area contributed by atoms with E-state index in [1.807, 2.05) is 35.7 Å². The fraction of sp³-hybridized carbons (Fsp3) is 0.545. The lowest BCUT2D eigenvalue weighted by Gasteiger charge is -2.12. The number of halogens is 2. The molecule has 0 saturated carbocycles. The number of nitrogens with zero attached hydrogens (tertiary/aromatic N) is 2. The van der Waals surface area contributed by atoms with Gasteiger partial charge < -0.3 is 0 Å². The van der Waals surface area contributed by atoms with E-state index >= 15 is 0 Å². The van der Waals surface area contributed by atoms with E-state index in [1.54, 1.807) is 6.20 Å². The van der Waals surface area contributed by atoms with Crippen LogP contribution in [0.25, 0.3) is 0 Å². The van der Waals surface area contributed by atoms with Crippen molar-refractivity contribution in [1.29, 1.82) is 0 Å². The summed E-state index contributed by atoms with van der Waals surface area (Å²) >= 11 is 9.62. The van der Waals surface area contributed by atoms with Crippen LogP contribution in [0.4, 0.5) is 0 Å². The molecule has 0 amide bonds. The molecule has 96 valence electrons. The second-order valence-electron chi connectivity index (χ2n) is 3.67. The van der Waals surface area contributed by atoms with Gasteiger partial charge in [-0.05, 0) is 25.1 Å². The quantitative estimate of drug-likeness (QED) is 0.609. The number of rotatable bonds is 5. The maximum absolute atomic E-state index is 5.78. The van der Waals surface area contributed by atoms with E-state index in [0.717, 1.165) is 10.8 Å². The highest BCUT2D eigenvalue weighted by Crippen LogP contribution is 2.19. The van der Waals surface area contributed by atoms with Gasteiger partial charge >= 0.3 is 0 Å². The second-order valence-corrected chi connectivity index (χ2v) is 6.30. The van der Waals surface area contributed by atoms with Crippen molar-refractivity contribution < 1.29 is 0 Å². The van der Waals surface area contributed by atoms with Crippen molar-refractivity contribution in [2.24, 2.45) is 0 Å². The van der Waals surface area contributed by atoms with Crippen LogP contribution < -0.4 is 0 Å². The van der Waals surface area contributed by atoms with Gasteiger partial charge in [0.2, 0.25) is 0 Å². The lowest BCUT2D eigenvalue weighted by atomic mass is 10.4. The van der Waals surface area contributed by atoms with Gasteiger partial charge in [-0.1, -0.05) is 11.6 Å². The van der Waals surface area contributed by atoms with Gasteiger partial charge in [0.1, 0.15) is 0 Å². The summed E-state index contributed by atoms with van der Waals surface area (Å²) in [6, 6.07) is 3.88. The van der Waals surface area contributed by atoms with Crippen LogP contribution >= 0.6 is 47.5 Å². The molecule has 0 unspecified atom stereocenters. The van der Waals surface area contributed by atoms with E-state index in [2.05, 4.69) is 9.88 Å². The summed E-state index contributed by atoms with van der Waals surface area (Å²) in [5, 5.41) is 1.78. The largest absolute Gasteiger partial charge is 0.293 e. The van der Waals surface area contributed by atoms with Crippen molar-refractivity contribution in [1.82, 2.24) is 9.88 Å². The molecule has 1 saturated heterocycles. The molecule has 0 aliphatic carbocycles. The van der Waals surface area contributed by atoms with Crippen LogP contribution in [0.15, 0.2) is 23.4 Å². The number of pyridine rings is 1. The van der Waals surface area contributed by atoms with Crippen molar-refractivity contribution in [3.63, 3.8) is 0 Å². The zero-order chi connectivity index (χ0) is 11.2. The molecule has 2 rings (SSSR count). The van der Waals surface area contributed by atoms with E-state index in [0.29, 0.717) is 5.02 Å². The van der Waals surface area contributed by atoms with Gasteiger partial charge in [-0.25, -0.2) is 4.98 Å². The van der Waals surface area contributed by atoms with Gasteiger partial charge in [-0.15, -0.1) is 35.9 Å². The Kier molecular flexibility index (Phi) is 7.71. The lowest BCUT2D eigenvalue weighted by molar-refractivity contribution is 0.358. The molecule has 0 radical (unpaired) electrons. The maximum Gasteiger partial charge on any atom is 0.0960 e. The molecule has 0 atom stereocenters. The van der Waals surface area contributed by atoms with Gasteiger partial charge in [0.15, 0.2) is 0 Å². The monoisotopic (exact) mass is 310 g/mol. The first kappa shape index (κ1) is 15.4. The van der Waals surface area contributed by atoms with Gasteiger partial charge in [0, 0.05) is 30.1 Å². The Morgan fingerprint density at radius 1 is 1.47 bits per heavy atom. The van der Waals surface area contributed by atoms with Crippen LogP contribution in [0.2, 0.25) is 5.02 Å². The summed E-state index contributed by atoms with van der Waals surface area (Å²) < 4.78 is 0. The first-order chi connectivity index (χ1) is 7.84. The zero-order valence-electron chi connectivity index (χ0n) is 9.47. The Morgan fingerprint density at radius 3 is 3.00 bits per heavy atom. The van der Waals surface area contributed by atoms with E-state index < -0.39 is 0 Å². The highest BCUT2D eigenvalue weighted by molar-refractivity contribution is 7.99. The molecular weight excluding hydrogens is 295 g/mol. The van der Waals surface area contributed by atoms with E-state index in [9.17, 15) is 0 Å². The van der Waals surface area contributed by atoms with Gasteiger partial charge in [0.25, 0.3) is 0 Å². The van der Waals surface area contributed by atoms with Crippen molar-refractivity contribution in [3.8, 4) is 0 Å².